The largest absolute Gasteiger partial charge is 0.576 e. The van der Waals surface area contributed by atoms with E-state index in [1.54, 1.807) is 0 Å². The molecule has 2 aromatic heterocycles. The molecule has 3 rings (SSSR count). The van der Waals surface area contributed by atoms with Gasteiger partial charge in [-0.25, -0.2) is 9.78 Å². The van der Waals surface area contributed by atoms with Crippen molar-refractivity contribution in [1.82, 2.24) is 14.9 Å². The number of aliphatic hydroxyl groups is 2. The van der Waals surface area contributed by atoms with E-state index in [0.717, 1.165) is 26.4 Å². The number of aryl methyl sites for hydroxylation is 1. The molecule has 3 N–H and O–H groups in total. The summed E-state index contributed by atoms with van der Waals surface area (Å²) >= 11 is 1.50. The number of alkyl halides is 3. The number of piperazine rings is 1. The fraction of sp³-hybridized carbons (Fsp3) is 0.588. The molecular weight excluding hydrogens is 427 g/mol. The number of aromatic nitrogens is 2. The zero-order valence-corrected chi connectivity index (χ0v) is 17.0. The number of nitrogens with zero attached hydrogens (tertiary/aromatic N) is 4. The van der Waals surface area contributed by atoms with Crippen LogP contribution in [0.5, 0.6) is 0 Å². The highest BCUT2D eigenvalue weighted by Gasteiger charge is 2.37. The fourth-order valence-electron chi connectivity index (χ4n) is 2.99. The number of nitrogens with one attached hydrogen (secondary N) is 1. The van der Waals surface area contributed by atoms with Crippen LogP contribution in [0.25, 0.3) is 10.2 Å². The number of aliphatic hydroxyl groups excluding tert-OH is 2. The van der Waals surface area contributed by atoms with Crippen molar-refractivity contribution in [1.29, 1.82) is 0 Å². The lowest BCUT2D eigenvalue weighted by atomic mass is 10.2. The van der Waals surface area contributed by atoms with E-state index >= 15 is 0 Å². The van der Waals surface area contributed by atoms with Crippen LogP contribution < -0.4 is 10.2 Å². The zero-order valence-electron chi connectivity index (χ0n) is 16.1. The van der Waals surface area contributed by atoms with Crippen LogP contribution in [-0.2, 0) is 11.2 Å². The first kappa shape index (κ1) is 22.3. The summed E-state index contributed by atoms with van der Waals surface area (Å²) in [5.74, 6) is 0.870. The van der Waals surface area contributed by atoms with E-state index in [2.05, 4.69) is 20.0 Å². The van der Waals surface area contributed by atoms with Gasteiger partial charge in [-0.05, 0) is 12.5 Å². The van der Waals surface area contributed by atoms with Crippen molar-refractivity contribution in [3.05, 3.63) is 10.9 Å². The number of carbonyl (C=O) groups is 1. The highest BCUT2D eigenvalue weighted by Crippen LogP contribution is 2.33. The van der Waals surface area contributed by atoms with Crippen molar-refractivity contribution in [3.8, 4) is 0 Å². The van der Waals surface area contributed by atoms with Crippen LogP contribution in [-0.4, -0.2) is 83.0 Å². The first-order valence-electron chi connectivity index (χ1n) is 9.33. The van der Waals surface area contributed by atoms with Crippen molar-refractivity contribution in [2.75, 3.05) is 49.5 Å². The Morgan fingerprint density at radius 2 is 2.03 bits per heavy atom. The first-order valence-corrected chi connectivity index (χ1v) is 10.1. The summed E-state index contributed by atoms with van der Waals surface area (Å²) in [6, 6.07) is 1.98. The molecule has 30 heavy (non-hydrogen) atoms. The van der Waals surface area contributed by atoms with Gasteiger partial charge in [0.25, 0.3) is 0 Å². The van der Waals surface area contributed by atoms with E-state index in [1.807, 2.05) is 17.9 Å². The Bertz CT molecular complexity index is 886. The Kier molecular flexibility index (Phi) is 6.83. The minimum Gasteiger partial charge on any atom is -0.394 e. The number of amides is 1. The van der Waals surface area contributed by atoms with Crippen LogP contribution in [0.2, 0.25) is 0 Å². The maximum absolute atomic E-state index is 12.3. The summed E-state index contributed by atoms with van der Waals surface area (Å²) < 4.78 is 40.3. The second-order valence-corrected chi connectivity index (χ2v) is 7.78. The second-order valence-electron chi connectivity index (χ2n) is 6.66. The predicted octanol–water partition coefficient (Wildman–Crippen LogP) is 1.80. The number of hydrogen-bond acceptors (Lipinski definition) is 9. The summed E-state index contributed by atoms with van der Waals surface area (Å²) in [6.07, 6.45) is -6.59. The highest BCUT2D eigenvalue weighted by molar-refractivity contribution is 7.18. The lowest BCUT2D eigenvalue weighted by Gasteiger charge is -2.35. The molecule has 3 heterocycles. The number of rotatable bonds is 6. The number of halogens is 3. The summed E-state index contributed by atoms with van der Waals surface area (Å²) in [5.41, 5.74) is 0. The monoisotopic (exact) mass is 449 g/mol. The molecule has 1 saturated heterocycles. The van der Waals surface area contributed by atoms with Gasteiger partial charge in [0.15, 0.2) is 0 Å². The molecule has 0 saturated carbocycles. The van der Waals surface area contributed by atoms with Crippen molar-refractivity contribution < 1.29 is 32.9 Å². The van der Waals surface area contributed by atoms with Crippen molar-refractivity contribution in [2.45, 2.75) is 25.8 Å². The molecule has 0 aromatic carbocycles. The first-order chi connectivity index (χ1) is 14.2. The van der Waals surface area contributed by atoms with E-state index in [4.69, 9.17) is 5.11 Å². The molecule has 13 heteroatoms. The number of ether oxygens (including phenoxy) is 1. The van der Waals surface area contributed by atoms with Gasteiger partial charge < -0.3 is 30.1 Å². The van der Waals surface area contributed by atoms with E-state index in [-0.39, 0.29) is 38.7 Å². The van der Waals surface area contributed by atoms with Crippen LogP contribution in [0.3, 0.4) is 0 Å². The van der Waals surface area contributed by atoms with Crippen molar-refractivity contribution >= 4 is 39.4 Å². The van der Waals surface area contributed by atoms with E-state index in [0.29, 0.717) is 5.82 Å². The normalized spacial score (nSPS) is 16.1. The van der Waals surface area contributed by atoms with Gasteiger partial charge >= 0.3 is 12.5 Å². The van der Waals surface area contributed by atoms with Gasteiger partial charge in [0, 0.05) is 37.6 Å². The van der Waals surface area contributed by atoms with Crippen LogP contribution in [0, 0.1) is 0 Å². The van der Waals surface area contributed by atoms with E-state index < -0.39 is 25.2 Å². The molecule has 1 aliphatic rings. The Hall–Kier alpha value is -2.38. The topological polar surface area (TPSA) is 111 Å². The van der Waals surface area contributed by atoms with Gasteiger partial charge in [0.2, 0.25) is 5.95 Å². The maximum atomic E-state index is 12.3. The lowest BCUT2D eigenvalue weighted by molar-refractivity contribution is -0.294. The Morgan fingerprint density at radius 1 is 1.33 bits per heavy atom. The summed E-state index contributed by atoms with van der Waals surface area (Å²) in [4.78, 5) is 25.3. The van der Waals surface area contributed by atoms with Crippen molar-refractivity contribution in [3.63, 3.8) is 0 Å². The van der Waals surface area contributed by atoms with Gasteiger partial charge in [-0.2, -0.15) is 4.98 Å². The second kappa shape index (κ2) is 9.18. The third-order valence-electron chi connectivity index (χ3n) is 4.52. The molecule has 0 bridgehead atoms. The average molecular weight is 449 g/mol. The Labute approximate surface area is 174 Å². The Morgan fingerprint density at radius 3 is 2.63 bits per heavy atom. The predicted molar refractivity (Wildman–Crippen MR) is 105 cm³/mol. The molecule has 2 aromatic rings. The number of carbonyl (C=O) groups excluding carboxylic acids is 1. The Balaban J connectivity index is 1.79. The molecule has 1 aliphatic heterocycles. The van der Waals surface area contributed by atoms with Crippen LogP contribution >= 0.6 is 11.3 Å². The third kappa shape index (κ3) is 5.40. The molecule has 9 nitrogen and oxygen atoms in total. The molecule has 1 atom stereocenters. The maximum Gasteiger partial charge on any atom is 0.576 e. The van der Waals surface area contributed by atoms with Gasteiger partial charge in [-0.1, -0.05) is 6.92 Å². The van der Waals surface area contributed by atoms with Gasteiger partial charge in [-0.3, -0.25) is 0 Å². The van der Waals surface area contributed by atoms with Gasteiger partial charge in [-0.15, -0.1) is 24.5 Å². The average Bonchev–Trinajstić information content (AvgIpc) is 3.13. The SMILES string of the molecule is CCc1cc2c(N3CCN(C(=O)OC(F)(F)F)CC3)nc(NC[C@@H](O)CO)nc2s1. The van der Waals surface area contributed by atoms with E-state index in [1.165, 1.54) is 11.3 Å². The number of hydrogen-bond donors (Lipinski definition) is 3. The molecule has 1 amide bonds. The lowest BCUT2D eigenvalue weighted by Crippen LogP contribution is -2.50. The van der Waals surface area contributed by atoms with E-state index in [9.17, 15) is 23.1 Å². The minimum absolute atomic E-state index is 0.0527. The number of fused-ring (bicyclic) bond motifs is 1. The molecule has 0 spiro atoms. The van der Waals surface area contributed by atoms with Gasteiger partial charge in [0.1, 0.15) is 10.6 Å². The molecule has 0 radical (unpaired) electrons. The summed E-state index contributed by atoms with van der Waals surface area (Å²) in [7, 11) is 0. The molecular formula is C17H22F3N5O4S. The number of thiophene rings is 1. The quantitative estimate of drug-likeness (QED) is 0.612. The minimum atomic E-state index is -5.01. The number of anilines is 2. The molecule has 0 unspecified atom stereocenters. The zero-order chi connectivity index (χ0) is 21.9. The van der Waals surface area contributed by atoms with Crippen LogP contribution in [0.1, 0.15) is 11.8 Å². The fourth-order valence-corrected chi connectivity index (χ4v) is 3.95. The smallest absolute Gasteiger partial charge is 0.394 e. The highest BCUT2D eigenvalue weighted by atomic mass is 32.1. The molecule has 1 fully saturated rings. The summed E-state index contributed by atoms with van der Waals surface area (Å²) in [6.45, 7) is 2.32. The third-order valence-corrected chi connectivity index (χ3v) is 5.69. The molecule has 166 valence electrons. The van der Waals surface area contributed by atoms with Crippen LogP contribution in [0.15, 0.2) is 6.07 Å². The standard InChI is InChI=1S/C17H22F3N5O4S/c1-2-11-7-12-13(22-15(23-14(12)30-11)21-8-10(27)9-26)24-3-5-25(6-4-24)16(28)29-17(18,19)20/h7,10,26-27H,2-6,8-9H2,1H3,(H,21,22,23)/t10-/m1/s1. The summed E-state index contributed by atoms with van der Waals surface area (Å²) in [5, 5.41) is 22.2. The van der Waals surface area contributed by atoms with Crippen LogP contribution in [0.4, 0.5) is 29.7 Å². The molecule has 0 aliphatic carbocycles. The van der Waals surface area contributed by atoms with Crippen molar-refractivity contribution in [2.24, 2.45) is 0 Å². The van der Waals surface area contributed by atoms with Gasteiger partial charge in [0.05, 0.1) is 18.1 Å².